The number of rotatable bonds is 7. The van der Waals surface area contributed by atoms with Gasteiger partial charge in [0.05, 0.1) is 10.9 Å². The second-order valence-electron chi connectivity index (χ2n) is 6.00. The maximum absolute atomic E-state index is 12.9. The highest BCUT2D eigenvalue weighted by Crippen LogP contribution is 2.19. The van der Waals surface area contributed by atoms with Crippen LogP contribution in [0.3, 0.4) is 0 Å². The van der Waals surface area contributed by atoms with E-state index >= 15 is 0 Å². The van der Waals surface area contributed by atoms with Crippen molar-refractivity contribution in [3.05, 3.63) is 65.5 Å². The second kappa shape index (κ2) is 8.25. The van der Waals surface area contributed by atoms with Crippen molar-refractivity contribution < 1.29 is 17.6 Å². The summed E-state index contributed by atoms with van der Waals surface area (Å²) in [5.74, 6) is -0.389. The lowest BCUT2D eigenvalue weighted by Crippen LogP contribution is -2.28. The average Bonchev–Trinajstić information content (AvgIpc) is 2.58. The first-order valence-corrected chi connectivity index (χ1v) is 10.0. The van der Waals surface area contributed by atoms with Gasteiger partial charge in [-0.25, -0.2) is 12.8 Å². The van der Waals surface area contributed by atoms with Crippen LogP contribution in [0.15, 0.2) is 53.4 Å². The van der Waals surface area contributed by atoms with Crippen LogP contribution in [0.4, 0.5) is 4.39 Å². The normalized spacial score (nSPS) is 12.6. The summed E-state index contributed by atoms with van der Waals surface area (Å²) in [6.07, 6.45) is 2.70. The number of nitrogens with one attached hydrogen (secondary N) is 1. The molecule has 0 unspecified atom stereocenters. The largest absolute Gasteiger partial charge is 0.349 e. The van der Waals surface area contributed by atoms with Crippen LogP contribution < -0.4 is 5.32 Å². The third-order valence-corrected chi connectivity index (χ3v) is 5.14. The Morgan fingerprint density at radius 2 is 1.68 bits per heavy atom. The van der Waals surface area contributed by atoms with E-state index in [0.29, 0.717) is 19.3 Å². The smallest absolute Gasteiger partial charge is 0.220 e. The highest BCUT2D eigenvalue weighted by atomic mass is 32.2. The number of amides is 1. The van der Waals surface area contributed by atoms with E-state index in [2.05, 4.69) is 5.32 Å². The fourth-order valence-electron chi connectivity index (χ4n) is 2.54. The minimum absolute atomic E-state index is 0.0941. The van der Waals surface area contributed by atoms with Crippen molar-refractivity contribution in [2.45, 2.75) is 37.1 Å². The Morgan fingerprint density at radius 1 is 1.08 bits per heavy atom. The molecule has 0 spiro atoms. The Bertz CT molecular complexity index is 815. The molecule has 6 heteroatoms. The van der Waals surface area contributed by atoms with Gasteiger partial charge < -0.3 is 5.32 Å². The van der Waals surface area contributed by atoms with Gasteiger partial charge in [0.1, 0.15) is 5.82 Å². The van der Waals surface area contributed by atoms with E-state index in [9.17, 15) is 17.6 Å². The molecule has 1 amide bonds. The molecule has 1 N–H and O–H groups in total. The average molecular weight is 363 g/mol. The predicted octanol–water partition coefficient (Wildman–Crippen LogP) is 3.43. The summed E-state index contributed by atoms with van der Waals surface area (Å²) in [7, 11) is -3.23. The molecule has 2 aromatic carbocycles. The van der Waals surface area contributed by atoms with Crippen molar-refractivity contribution in [1.29, 1.82) is 0 Å². The molecule has 0 aromatic heterocycles. The van der Waals surface area contributed by atoms with Gasteiger partial charge in [-0.2, -0.15) is 0 Å². The molecule has 134 valence electrons. The number of hydrogen-bond donors (Lipinski definition) is 1. The molecule has 0 bridgehead atoms. The molecule has 0 radical (unpaired) electrons. The molecule has 2 rings (SSSR count). The minimum atomic E-state index is -3.23. The first kappa shape index (κ1) is 19.1. The van der Waals surface area contributed by atoms with Crippen molar-refractivity contribution in [1.82, 2.24) is 5.32 Å². The standard InChI is InChI=1S/C19H22FNO3S/c1-3-18(15-7-11-17(12-8-15)25(2,23)24)21-19(22)13-6-14-4-9-16(20)10-5-14/h4-5,7-12,18H,3,6,13H2,1-2H3,(H,21,22)/t18-/m1/s1. The zero-order chi connectivity index (χ0) is 18.4. The lowest BCUT2D eigenvalue weighted by molar-refractivity contribution is -0.121. The van der Waals surface area contributed by atoms with E-state index in [0.717, 1.165) is 17.4 Å². The third kappa shape index (κ3) is 5.67. The van der Waals surface area contributed by atoms with Crippen LogP contribution in [0.5, 0.6) is 0 Å². The molecule has 1 atom stereocenters. The molecular formula is C19H22FNO3S. The fourth-order valence-corrected chi connectivity index (χ4v) is 3.17. The molecule has 0 fully saturated rings. The number of carbonyl (C=O) groups is 1. The minimum Gasteiger partial charge on any atom is -0.349 e. The van der Waals surface area contributed by atoms with Gasteiger partial charge in [-0.05, 0) is 48.2 Å². The Morgan fingerprint density at radius 3 is 2.20 bits per heavy atom. The lowest BCUT2D eigenvalue weighted by Gasteiger charge is -2.18. The Labute approximate surface area is 148 Å². The predicted molar refractivity (Wildman–Crippen MR) is 95.4 cm³/mol. The van der Waals surface area contributed by atoms with Gasteiger partial charge in [0.2, 0.25) is 5.91 Å². The zero-order valence-corrected chi connectivity index (χ0v) is 15.1. The van der Waals surface area contributed by atoms with E-state index in [1.165, 1.54) is 12.1 Å². The van der Waals surface area contributed by atoms with Gasteiger partial charge >= 0.3 is 0 Å². The second-order valence-corrected chi connectivity index (χ2v) is 8.01. The molecule has 0 aliphatic carbocycles. The summed E-state index contributed by atoms with van der Waals surface area (Å²) in [6.45, 7) is 1.95. The monoisotopic (exact) mass is 363 g/mol. The molecule has 4 nitrogen and oxygen atoms in total. The van der Waals surface area contributed by atoms with Crippen molar-refractivity contribution in [2.24, 2.45) is 0 Å². The van der Waals surface area contributed by atoms with Gasteiger partial charge in [0.15, 0.2) is 9.84 Å². The highest BCUT2D eigenvalue weighted by molar-refractivity contribution is 7.90. The molecule has 25 heavy (non-hydrogen) atoms. The van der Waals surface area contributed by atoms with Gasteiger partial charge in [-0.1, -0.05) is 31.2 Å². The van der Waals surface area contributed by atoms with E-state index in [-0.39, 0.29) is 22.7 Å². The van der Waals surface area contributed by atoms with Crippen LogP contribution in [-0.4, -0.2) is 20.6 Å². The summed E-state index contributed by atoms with van der Waals surface area (Å²) in [4.78, 5) is 12.4. The Balaban J connectivity index is 1.96. The summed E-state index contributed by atoms with van der Waals surface area (Å²) in [6, 6.07) is 12.5. The van der Waals surface area contributed by atoms with Crippen molar-refractivity contribution in [2.75, 3.05) is 6.26 Å². The number of hydrogen-bond acceptors (Lipinski definition) is 3. The number of carbonyl (C=O) groups excluding carboxylic acids is 1. The maximum Gasteiger partial charge on any atom is 0.220 e. The molecule has 0 saturated carbocycles. The van der Waals surface area contributed by atoms with Gasteiger partial charge in [0.25, 0.3) is 0 Å². The van der Waals surface area contributed by atoms with E-state index in [4.69, 9.17) is 0 Å². The zero-order valence-electron chi connectivity index (χ0n) is 14.3. The highest BCUT2D eigenvalue weighted by Gasteiger charge is 2.14. The molecule has 0 saturated heterocycles. The molecule has 0 aliphatic heterocycles. The summed E-state index contributed by atoms with van der Waals surface area (Å²) in [5.41, 5.74) is 1.77. The quantitative estimate of drug-likeness (QED) is 0.820. The van der Waals surface area contributed by atoms with Crippen LogP contribution in [-0.2, 0) is 21.1 Å². The van der Waals surface area contributed by atoms with E-state index in [1.807, 2.05) is 6.92 Å². The van der Waals surface area contributed by atoms with Crippen molar-refractivity contribution >= 4 is 15.7 Å². The van der Waals surface area contributed by atoms with Crippen LogP contribution in [0.2, 0.25) is 0 Å². The van der Waals surface area contributed by atoms with E-state index < -0.39 is 9.84 Å². The summed E-state index contributed by atoms with van der Waals surface area (Å²) >= 11 is 0. The van der Waals surface area contributed by atoms with Crippen molar-refractivity contribution in [3.63, 3.8) is 0 Å². The molecule has 0 aliphatic rings. The van der Waals surface area contributed by atoms with Gasteiger partial charge in [0, 0.05) is 12.7 Å². The van der Waals surface area contributed by atoms with Crippen LogP contribution in [0.25, 0.3) is 0 Å². The molecule has 2 aromatic rings. The molecular weight excluding hydrogens is 341 g/mol. The number of aryl methyl sites for hydroxylation is 1. The number of halogens is 1. The van der Waals surface area contributed by atoms with Crippen molar-refractivity contribution in [3.8, 4) is 0 Å². The van der Waals surface area contributed by atoms with Crippen LogP contribution in [0.1, 0.15) is 36.9 Å². The summed E-state index contributed by atoms with van der Waals surface area (Å²) < 4.78 is 35.9. The maximum atomic E-state index is 12.9. The number of benzene rings is 2. The van der Waals surface area contributed by atoms with Gasteiger partial charge in [-0.3, -0.25) is 4.79 Å². The van der Waals surface area contributed by atoms with E-state index in [1.54, 1.807) is 36.4 Å². The summed E-state index contributed by atoms with van der Waals surface area (Å²) in [5, 5.41) is 2.96. The lowest BCUT2D eigenvalue weighted by atomic mass is 10.0. The first-order chi connectivity index (χ1) is 11.8. The SMILES string of the molecule is CC[C@@H](NC(=O)CCc1ccc(F)cc1)c1ccc(S(C)(=O)=O)cc1. The molecule has 0 heterocycles. The number of sulfone groups is 1. The van der Waals surface area contributed by atoms with Gasteiger partial charge in [-0.15, -0.1) is 0 Å². The Hall–Kier alpha value is -2.21. The van der Waals surface area contributed by atoms with Crippen LogP contribution in [0, 0.1) is 5.82 Å². The fraction of sp³-hybridized carbons (Fsp3) is 0.316. The third-order valence-electron chi connectivity index (χ3n) is 4.01. The Kier molecular flexibility index (Phi) is 6.31. The first-order valence-electron chi connectivity index (χ1n) is 8.13. The topological polar surface area (TPSA) is 63.2 Å². The van der Waals surface area contributed by atoms with Crippen LogP contribution >= 0.6 is 0 Å².